The van der Waals surface area contributed by atoms with Crippen molar-refractivity contribution in [3.05, 3.63) is 35.9 Å². The Morgan fingerprint density at radius 3 is 2.24 bits per heavy atom. The fourth-order valence-corrected chi connectivity index (χ4v) is 1.43. The molecule has 1 rings (SSSR count). The van der Waals surface area contributed by atoms with Crippen LogP contribution in [0.1, 0.15) is 32.4 Å². The quantitative estimate of drug-likeness (QED) is 0.727. The molecule has 0 aliphatic carbocycles. The van der Waals surface area contributed by atoms with Crippen LogP contribution < -0.4 is 5.32 Å². The molecule has 1 aromatic rings. The fraction of sp³-hybridized carbons (Fsp3) is 0.462. The molecule has 0 aromatic heterocycles. The van der Waals surface area contributed by atoms with E-state index in [2.05, 4.69) is 5.32 Å². The third kappa shape index (κ3) is 3.54. The second-order valence-electron chi connectivity index (χ2n) is 4.72. The van der Waals surface area contributed by atoms with Gasteiger partial charge in [0, 0.05) is 5.54 Å². The summed E-state index contributed by atoms with van der Waals surface area (Å²) in [7, 11) is 0. The molecule has 0 aliphatic heterocycles. The van der Waals surface area contributed by atoms with E-state index in [0.29, 0.717) is 5.56 Å². The number of aliphatic carboxylic acids is 1. The lowest BCUT2D eigenvalue weighted by Gasteiger charge is -2.32. The number of rotatable bonds is 5. The van der Waals surface area contributed by atoms with E-state index in [0.717, 1.165) is 0 Å². The number of aliphatic hydroxyl groups is 1. The van der Waals surface area contributed by atoms with E-state index in [1.165, 1.54) is 0 Å². The maximum atomic E-state index is 11.3. The highest BCUT2D eigenvalue weighted by atomic mass is 16.4. The molecular weight excluding hydrogens is 218 g/mol. The average molecular weight is 237 g/mol. The van der Waals surface area contributed by atoms with Gasteiger partial charge in [-0.05, 0) is 26.3 Å². The maximum absolute atomic E-state index is 11.3. The number of hydrogen-bond donors (Lipinski definition) is 3. The molecule has 2 atom stereocenters. The molecule has 3 N–H and O–H groups in total. The van der Waals surface area contributed by atoms with Crippen molar-refractivity contribution >= 4 is 5.97 Å². The molecule has 0 radical (unpaired) electrons. The van der Waals surface area contributed by atoms with Gasteiger partial charge in [-0.1, -0.05) is 30.3 Å². The Labute approximate surface area is 101 Å². The zero-order valence-electron chi connectivity index (χ0n) is 10.3. The highest BCUT2D eigenvalue weighted by Crippen LogP contribution is 2.19. The van der Waals surface area contributed by atoms with Gasteiger partial charge in [0.1, 0.15) is 6.04 Å². The van der Waals surface area contributed by atoms with Crippen LogP contribution in [0.3, 0.4) is 0 Å². The van der Waals surface area contributed by atoms with Gasteiger partial charge in [-0.3, -0.25) is 10.1 Å². The minimum Gasteiger partial charge on any atom is -0.480 e. The average Bonchev–Trinajstić information content (AvgIpc) is 2.26. The molecule has 0 saturated carbocycles. The Bertz CT molecular complexity index is 374. The third-order valence-corrected chi connectivity index (χ3v) is 2.94. The lowest BCUT2D eigenvalue weighted by atomic mass is 9.95. The van der Waals surface area contributed by atoms with Crippen molar-refractivity contribution in [2.75, 3.05) is 0 Å². The van der Waals surface area contributed by atoms with E-state index in [9.17, 15) is 15.0 Å². The number of hydrogen-bond acceptors (Lipinski definition) is 3. The number of carboxylic acid groups (broad SMARTS) is 1. The van der Waals surface area contributed by atoms with Gasteiger partial charge in [-0.25, -0.2) is 0 Å². The molecule has 0 fully saturated rings. The lowest BCUT2D eigenvalue weighted by Crippen LogP contribution is -2.51. The topological polar surface area (TPSA) is 69.6 Å². The van der Waals surface area contributed by atoms with Crippen molar-refractivity contribution < 1.29 is 15.0 Å². The van der Waals surface area contributed by atoms with Crippen LogP contribution in [-0.4, -0.2) is 27.8 Å². The van der Waals surface area contributed by atoms with E-state index < -0.39 is 23.7 Å². The molecule has 4 nitrogen and oxygen atoms in total. The van der Waals surface area contributed by atoms with Crippen LogP contribution in [0.25, 0.3) is 0 Å². The summed E-state index contributed by atoms with van der Waals surface area (Å²) < 4.78 is 0. The fourth-order valence-electron chi connectivity index (χ4n) is 1.43. The summed E-state index contributed by atoms with van der Waals surface area (Å²) in [6.07, 6.45) is -0.645. The zero-order chi connectivity index (χ0) is 13.1. The summed E-state index contributed by atoms with van der Waals surface area (Å²) in [5.74, 6) is -0.954. The van der Waals surface area contributed by atoms with Gasteiger partial charge in [-0.2, -0.15) is 0 Å². The minimum atomic E-state index is -0.954. The number of aliphatic hydroxyl groups excluding tert-OH is 1. The first-order valence-electron chi connectivity index (χ1n) is 5.58. The Hall–Kier alpha value is -1.39. The predicted octanol–water partition coefficient (Wildman–Crippen LogP) is 1.56. The van der Waals surface area contributed by atoms with Gasteiger partial charge >= 0.3 is 5.97 Å². The molecule has 4 heteroatoms. The molecule has 94 valence electrons. The molecule has 0 heterocycles. The van der Waals surface area contributed by atoms with Gasteiger partial charge in [0.25, 0.3) is 0 Å². The van der Waals surface area contributed by atoms with Crippen LogP contribution in [0, 0.1) is 0 Å². The Morgan fingerprint density at radius 2 is 1.82 bits per heavy atom. The summed E-state index contributed by atoms with van der Waals surface area (Å²) in [5.41, 5.74) is 0.00699. The maximum Gasteiger partial charge on any atom is 0.325 e. The summed E-state index contributed by atoms with van der Waals surface area (Å²) in [6.45, 7) is 5.18. The molecule has 17 heavy (non-hydrogen) atoms. The number of carboxylic acids is 1. The molecule has 0 spiro atoms. The van der Waals surface area contributed by atoms with Crippen molar-refractivity contribution in [3.63, 3.8) is 0 Å². The van der Waals surface area contributed by atoms with E-state index in [4.69, 9.17) is 0 Å². The predicted molar refractivity (Wildman–Crippen MR) is 65.7 cm³/mol. The Kier molecular flexibility index (Phi) is 4.26. The van der Waals surface area contributed by atoms with Gasteiger partial charge in [0.05, 0.1) is 6.10 Å². The standard InChI is InChI=1S/C13H19NO3/c1-9(15)13(2,3)14-11(12(16)17)10-7-5-4-6-8-10/h4-9,11,14-15H,1-3H3,(H,16,17). The third-order valence-electron chi connectivity index (χ3n) is 2.94. The van der Waals surface area contributed by atoms with Crippen LogP contribution in [0.15, 0.2) is 30.3 Å². The number of carbonyl (C=O) groups is 1. The van der Waals surface area contributed by atoms with Crippen molar-refractivity contribution in [3.8, 4) is 0 Å². The molecular formula is C13H19NO3. The SMILES string of the molecule is CC(O)C(C)(C)NC(C(=O)O)c1ccccc1. The first kappa shape index (κ1) is 13.7. The summed E-state index contributed by atoms with van der Waals surface area (Å²) in [6, 6.07) is 8.11. The summed E-state index contributed by atoms with van der Waals surface area (Å²) in [5, 5.41) is 21.8. The van der Waals surface area contributed by atoms with Gasteiger partial charge in [0.2, 0.25) is 0 Å². The Morgan fingerprint density at radius 1 is 1.29 bits per heavy atom. The smallest absolute Gasteiger partial charge is 0.325 e. The van der Waals surface area contributed by atoms with E-state index in [-0.39, 0.29) is 0 Å². The second kappa shape index (κ2) is 5.29. The van der Waals surface area contributed by atoms with Crippen LogP contribution in [0.5, 0.6) is 0 Å². The normalized spacial score (nSPS) is 15.3. The monoisotopic (exact) mass is 237 g/mol. The number of nitrogens with one attached hydrogen (secondary N) is 1. The van der Waals surface area contributed by atoms with Crippen molar-refractivity contribution in [1.29, 1.82) is 0 Å². The molecule has 0 bridgehead atoms. The molecule has 1 aromatic carbocycles. The van der Waals surface area contributed by atoms with Gasteiger partial charge < -0.3 is 10.2 Å². The molecule has 0 aliphatic rings. The largest absolute Gasteiger partial charge is 0.480 e. The van der Waals surface area contributed by atoms with E-state index >= 15 is 0 Å². The summed E-state index contributed by atoms with van der Waals surface area (Å²) in [4.78, 5) is 11.3. The molecule has 0 saturated heterocycles. The van der Waals surface area contributed by atoms with E-state index in [1.54, 1.807) is 45.0 Å². The second-order valence-corrected chi connectivity index (χ2v) is 4.72. The molecule has 2 unspecified atom stereocenters. The Balaban J connectivity index is 2.93. The van der Waals surface area contributed by atoms with Gasteiger partial charge in [-0.15, -0.1) is 0 Å². The van der Waals surface area contributed by atoms with Gasteiger partial charge in [0.15, 0.2) is 0 Å². The van der Waals surface area contributed by atoms with Crippen molar-refractivity contribution in [1.82, 2.24) is 5.32 Å². The first-order valence-corrected chi connectivity index (χ1v) is 5.58. The van der Waals surface area contributed by atoms with Crippen LogP contribution in [0.4, 0.5) is 0 Å². The summed E-state index contributed by atoms with van der Waals surface area (Å²) >= 11 is 0. The van der Waals surface area contributed by atoms with Crippen molar-refractivity contribution in [2.45, 2.75) is 38.5 Å². The van der Waals surface area contributed by atoms with Crippen LogP contribution in [-0.2, 0) is 4.79 Å². The van der Waals surface area contributed by atoms with Crippen LogP contribution in [0.2, 0.25) is 0 Å². The van der Waals surface area contributed by atoms with E-state index in [1.807, 2.05) is 6.07 Å². The lowest BCUT2D eigenvalue weighted by molar-refractivity contribution is -0.140. The zero-order valence-corrected chi connectivity index (χ0v) is 10.3. The first-order chi connectivity index (χ1) is 7.84. The highest BCUT2D eigenvalue weighted by molar-refractivity contribution is 5.75. The minimum absolute atomic E-state index is 0.645. The molecule has 0 amide bonds. The highest BCUT2D eigenvalue weighted by Gasteiger charge is 2.31. The van der Waals surface area contributed by atoms with Crippen LogP contribution >= 0.6 is 0 Å². The number of benzene rings is 1. The van der Waals surface area contributed by atoms with Crippen molar-refractivity contribution in [2.24, 2.45) is 0 Å².